The van der Waals surface area contributed by atoms with Gasteiger partial charge in [-0.1, -0.05) is 5.16 Å². The summed E-state index contributed by atoms with van der Waals surface area (Å²) in [7, 11) is 0. The Kier molecular flexibility index (Phi) is 1.22. The molecule has 0 spiro atoms. The molecule has 0 unspecified atom stereocenters. The number of aromatic nitrogens is 1. The monoisotopic (exact) mass is 125 g/mol. The molecule has 0 aliphatic heterocycles. The molecule has 0 aliphatic rings. The predicted molar refractivity (Wildman–Crippen MR) is 29.5 cm³/mol. The lowest BCUT2D eigenvalue weighted by molar-refractivity contribution is 0.0991. The Morgan fingerprint density at radius 1 is 1.89 bits per heavy atom. The van der Waals surface area contributed by atoms with E-state index in [1.54, 1.807) is 0 Å². The van der Waals surface area contributed by atoms with Gasteiger partial charge in [-0.2, -0.15) is 0 Å². The van der Waals surface area contributed by atoms with Gasteiger partial charge < -0.3 is 10.3 Å². The number of carbonyl (C=O) groups is 1. The van der Waals surface area contributed by atoms with Crippen LogP contribution in [0.5, 0.6) is 0 Å². The number of hydrogen-bond donors (Lipinski definition) is 1. The van der Waals surface area contributed by atoms with Crippen molar-refractivity contribution in [1.82, 2.24) is 5.16 Å². The third kappa shape index (κ3) is 1.07. The molecule has 4 heteroatoms. The Morgan fingerprint density at radius 2 is 2.56 bits per heavy atom. The maximum atomic E-state index is 10.3. The second-order valence-corrected chi connectivity index (χ2v) is 1.54. The molecule has 0 aromatic carbocycles. The summed E-state index contributed by atoms with van der Waals surface area (Å²) in [6.45, 7) is 3.39. The van der Waals surface area contributed by atoms with Crippen LogP contribution in [0.25, 0.3) is 0 Å². The van der Waals surface area contributed by atoms with Gasteiger partial charge in [0.2, 0.25) is 0 Å². The molecule has 0 saturated heterocycles. The molecule has 9 heavy (non-hydrogen) atoms. The Hall–Kier alpha value is -1.32. The fourth-order valence-electron chi connectivity index (χ4n) is 0.429. The third-order valence-electron chi connectivity index (χ3n) is 0.811. The fourth-order valence-corrected chi connectivity index (χ4v) is 0.429. The van der Waals surface area contributed by atoms with Crippen LogP contribution in [-0.2, 0) is 0 Å². The zero-order chi connectivity index (χ0) is 6.85. The van der Waals surface area contributed by atoms with Crippen LogP contribution < -0.4 is 5.73 Å². The predicted octanol–water partition coefficient (Wildman–Crippen LogP) is -0.0443. The first kappa shape index (κ1) is 5.81. The van der Waals surface area contributed by atoms with E-state index >= 15 is 0 Å². The van der Waals surface area contributed by atoms with Crippen molar-refractivity contribution < 1.29 is 9.32 Å². The highest BCUT2D eigenvalue weighted by Crippen LogP contribution is 1.98. The molecule has 1 amide bonds. The Morgan fingerprint density at radius 3 is 2.78 bits per heavy atom. The van der Waals surface area contributed by atoms with Gasteiger partial charge in [-0.15, -0.1) is 0 Å². The lowest BCUT2D eigenvalue weighted by Gasteiger charge is -1.77. The minimum Gasteiger partial charge on any atom is -0.364 e. The van der Waals surface area contributed by atoms with E-state index in [9.17, 15) is 4.79 Å². The quantitative estimate of drug-likeness (QED) is 0.572. The van der Waals surface area contributed by atoms with Crippen LogP contribution in [0, 0.1) is 6.92 Å². The highest BCUT2D eigenvalue weighted by Gasteiger charge is 2.04. The summed E-state index contributed by atoms with van der Waals surface area (Å²) in [5.41, 5.74) is 4.95. The van der Waals surface area contributed by atoms with Gasteiger partial charge in [-0.3, -0.25) is 4.79 Å². The lowest BCUT2D eigenvalue weighted by Crippen LogP contribution is -2.10. The molecule has 47 valence electrons. The minimum absolute atomic E-state index is 0.111. The molecule has 0 aliphatic carbocycles. The summed E-state index contributed by atoms with van der Waals surface area (Å²) in [5, 5.41) is 3.30. The molecule has 1 rings (SSSR count). The summed E-state index contributed by atoms with van der Waals surface area (Å²) in [6, 6.07) is 1.38. The Bertz CT molecular complexity index is 229. The van der Waals surface area contributed by atoms with Gasteiger partial charge >= 0.3 is 0 Å². The number of amides is 1. The van der Waals surface area contributed by atoms with Gasteiger partial charge in [0.1, 0.15) is 5.76 Å². The standard InChI is InChI=1S/C5H5N2O2/c1-3-2-4(5(6)8)7-9-3/h2H,1H2,(H2,6,8). The smallest absolute Gasteiger partial charge is 0.270 e. The van der Waals surface area contributed by atoms with E-state index in [0.29, 0.717) is 5.76 Å². The third-order valence-corrected chi connectivity index (χ3v) is 0.811. The normalized spacial score (nSPS) is 9.44. The second-order valence-electron chi connectivity index (χ2n) is 1.54. The lowest BCUT2D eigenvalue weighted by atomic mass is 10.4. The first-order valence-corrected chi connectivity index (χ1v) is 2.28. The van der Waals surface area contributed by atoms with E-state index in [0.717, 1.165) is 0 Å². The van der Waals surface area contributed by atoms with Crippen LogP contribution in [0.1, 0.15) is 16.2 Å². The van der Waals surface area contributed by atoms with Gasteiger partial charge in [0.15, 0.2) is 5.69 Å². The second kappa shape index (κ2) is 1.89. The van der Waals surface area contributed by atoms with Crippen molar-refractivity contribution in [2.45, 2.75) is 0 Å². The molecule has 2 N–H and O–H groups in total. The highest BCUT2D eigenvalue weighted by atomic mass is 16.5. The van der Waals surface area contributed by atoms with Gasteiger partial charge in [-0.05, 0) is 0 Å². The molecule has 1 radical (unpaired) electrons. The Labute approximate surface area is 51.6 Å². The van der Waals surface area contributed by atoms with Crippen LogP contribution in [-0.4, -0.2) is 11.1 Å². The maximum absolute atomic E-state index is 10.3. The van der Waals surface area contributed by atoms with Gasteiger partial charge in [-0.25, -0.2) is 0 Å². The van der Waals surface area contributed by atoms with Crippen molar-refractivity contribution in [1.29, 1.82) is 0 Å². The first-order valence-electron chi connectivity index (χ1n) is 2.28. The van der Waals surface area contributed by atoms with E-state index in [4.69, 9.17) is 5.73 Å². The number of carbonyl (C=O) groups excluding carboxylic acids is 1. The van der Waals surface area contributed by atoms with Crippen molar-refractivity contribution in [2.75, 3.05) is 0 Å². The van der Waals surface area contributed by atoms with Crippen LogP contribution >= 0.6 is 0 Å². The molecule has 1 aromatic heterocycles. The summed E-state index contributed by atoms with van der Waals surface area (Å²) in [4.78, 5) is 10.3. The molecule has 1 aromatic rings. The molecule has 0 saturated carbocycles. The van der Waals surface area contributed by atoms with Crippen LogP contribution in [0.4, 0.5) is 0 Å². The summed E-state index contributed by atoms with van der Waals surface area (Å²) >= 11 is 0. The number of hydrogen-bond acceptors (Lipinski definition) is 3. The van der Waals surface area contributed by atoms with Crippen molar-refractivity contribution in [2.24, 2.45) is 5.73 Å². The topological polar surface area (TPSA) is 69.1 Å². The molecule has 1 heterocycles. The van der Waals surface area contributed by atoms with Gasteiger partial charge in [0.25, 0.3) is 5.91 Å². The number of nitrogens with zero attached hydrogens (tertiary/aromatic N) is 1. The minimum atomic E-state index is -0.603. The van der Waals surface area contributed by atoms with E-state index in [1.807, 2.05) is 0 Å². The summed E-state index contributed by atoms with van der Waals surface area (Å²) in [6.07, 6.45) is 0. The molecule has 4 nitrogen and oxygen atoms in total. The van der Waals surface area contributed by atoms with E-state index in [2.05, 4.69) is 16.6 Å². The van der Waals surface area contributed by atoms with Crippen molar-refractivity contribution >= 4 is 5.91 Å². The van der Waals surface area contributed by atoms with E-state index in [-0.39, 0.29) is 5.69 Å². The molecule has 0 atom stereocenters. The van der Waals surface area contributed by atoms with Gasteiger partial charge in [0, 0.05) is 13.0 Å². The van der Waals surface area contributed by atoms with Crippen LogP contribution in [0.15, 0.2) is 10.6 Å². The van der Waals surface area contributed by atoms with Gasteiger partial charge in [0.05, 0.1) is 0 Å². The zero-order valence-corrected chi connectivity index (χ0v) is 4.63. The molecular formula is C5H5N2O2. The molecule has 0 fully saturated rings. The van der Waals surface area contributed by atoms with Crippen LogP contribution in [0.3, 0.4) is 0 Å². The largest absolute Gasteiger partial charge is 0.364 e. The number of rotatable bonds is 1. The van der Waals surface area contributed by atoms with Crippen molar-refractivity contribution in [3.05, 3.63) is 24.4 Å². The maximum Gasteiger partial charge on any atom is 0.270 e. The SMILES string of the molecule is [CH2]c1cc(C(N)=O)no1. The van der Waals surface area contributed by atoms with E-state index in [1.165, 1.54) is 6.07 Å². The average Bonchev–Trinajstić information content (AvgIpc) is 2.14. The Balaban J connectivity index is 2.98. The molecule has 0 bridgehead atoms. The highest BCUT2D eigenvalue weighted by molar-refractivity contribution is 5.90. The number of primary amides is 1. The fraction of sp³-hybridized carbons (Fsp3) is 0. The summed E-state index contributed by atoms with van der Waals surface area (Å²) < 4.78 is 4.46. The van der Waals surface area contributed by atoms with Crippen molar-refractivity contribution in [3.8, 4) is 0 Å². The molecular weight excluding hydrogens is 120 g/mol. The van der Waals surface area contributed by atoms with Crippen LogP contribution in [0.2, 0.25) is 0 Å². The number of nitrogens with two attached hydrogens (primary N) is 1. The van der Waals surface area contributed by atoms with Crippen molar-refractivity contribution in [3.63, 3.8) is 0 Å². The van der Waals surface area contributed by atoms with E-state index < -0.39 is 5.91 Å². The zero-order valence-electron chi connectivity index (χ0n) is 4.63. The average molecular weight is 125 g/mol. The summed E-state index contributed by atoms with van der Waals surface area (Å²) in [5.74, 6) is -0.266. The first-order chi connectivity index (χ1) is 4.20.